The minimum atomic E-state index is 1.04. The van der Waals surface area contributed by atoms with Gasteiger partial charge in [0.15, 0.2) is 0 Å². The summed E-state index contributed by atoms with van der Waals surface area (Å²) in [6.07, 6.45) is 6.31. The molecule has 0 amide bonds. The van der Waals surface area contributed by atoms with Gasteiger partial charge in [0.2, 0.25) is 0 Å². The lowest BCUT2D eigenvalue weighted by Gasteiger charge is -2.22. The zero-order valence-corrected chi connectivity index (χ0v) is 9.30. The summed E-state index contributed by atoms with van der Waals surface area (Å²) in [5.41, 5.74) is 2.35. The van der Waals surface area contributed by atoms with E-state index in [9.17, 15) is 0 Å². The van der Waals surface area contributed by atoms with E-state index in [1.165, 1.54) is 5.70 Å². The molecule has 0 heterocycles. The third-order valence-electron chi connectivity index (χ3n) is 1.86. The van der Waals surface area contributed by atoms with Crippen molar-refractivity contribution in [3.8, 4) is 0 Å². The fourth-order valence-corrected chi connectivity index (χ4v) is 1.26. The van der Waals surface area contributed by atoms with Gasteiger partial charge in [0.05, 0.1) is 0 Å². The van der Waals surface area contributed by atoms with Gasteiger partial charge in [-0.25, -0.2) is 0 Å². The van der Waals surface area contributed by atoms with Gasteiger partial charge in [-0.3, -0.25) is 0 Å². The summed E-state index contributed by atoms with van der Waals surface area (Å²) in [7, 11) is 0. The molecule has 0 rings (SSSR count). The van der Waals surface area contributed by atoms with Crippen LogP contribution >= 0.6 is 0 Å². The first-order valence-corrected chi connectivity index (χ1v) is 4.90. The maximum atomic E-state index is 3.89. The molecule has 1 heteroatoms. The van der Waals surface area contributed by atoms with Gasteiger partial charge in [-0.15, -0.1) is 0 Å². The van der Waals surface area contributed by atoms with Crippen molar-refractivity contribution in [1.82, 2.24) is 4.90 Å². The molecule has 74 valence electrons. The van der Waals surface area contributed by atoms with Crippen molar-refractivity contribution in [3.05, 3.63) is 36.1 Å². The predicted molar refractivity (Wildman–Crippen MR) is 60.6 cm³/mol. The van der Waals surface area contributed by atoms with Crippen molar-refractivity contribution in [3.63, 3.8) is 0 Å². The van der Waals surface area contributed by atoms with Gasteiger partial charge in [-0.05, 0) is 39.8 Å². The highest BCUT2D eigenvalue weighted by molar-refractivity contribution is 5.26. The van der Waals surface area contributed by atoms with Gasteiger partial charge in [-0.2, -0.15) is 0 Å². The normalized spacial score (nSPS) is 12.2. The molecule has 0 spiro atoms. The van der Waals surface area contributed by atoms with Crippen LogP contribution in [0.15, 0.2) is 36.1 Å². The molecule has 0 fully saturated rings. The van der Waals surface area contributed by atoms with E-state index >= 15 is 0 Å². The summed E-state index contributed by atoms with van der Waals surface area (Å²) in [6, 6.07) is 0. The van der Waals surface area contributed by atoms with E-state index in [0.29, 0.717) is 0 Å². The molecule has 1 nitrogen and oxygen atoms in total. The van der Waals surface area contributed by atoms with Crippen molar-refractivity contribution in [1.29, 1.82) is 0 Å². The minimum Gasteiger partial charge on any atom is -0.372 e. The highest BCUT2D eigenvalue weighted by atomic mass is 15.1. The molecule has 0 bridgehead atoms. The lowest BCUT2D eigenvalue weighted by Crippen LogP contribution is -2.21. The second-order valence-electron chi connectivity index (χ2n) is 3.09. The van der Waals surface area contributed by atoms with Gasteiger partial charge in [0, 0.05) is 18.8 Å². The Morgan fingerprint density at radius 1 is 1.31 bits per heavy atom. The lowest BCUT2D eigenvalue weighted by atomic mass is 10.2. The van der Waals surface area contributed by atoms with Crippen LogP contribution in [0.1, 0.15) is 27.7 Å². The quantitative estimate of drug-likeness (QED) is 0.585. The van der Waals surface area contributed by atoms with Gasteiger partial charge < -0.3 is 4.90 Å². The third-order valence-corrected chi connectivity index (χ3v) is 1.86. The first-order chi connectivity index (χ1) is 6.15. The van der Waals surface area contributed by atoms with Crippen LogP contribution in [0.2, 0.25) is 0 Å². The molecule has 0 aromatic carbocycles. The predicted octanol–water partition coefficient (Wildman–Crippen LogP) is 3.36. The van der Waals surface area contributed by atoms with Crippen LogP contribution in [0.4, 0.5) is 0 Å². The zero-order valence-electron chi connectivity index (χ0n) is 9.30. The Morgan fingerprint density at radius 3 is 2.15 bits per heavy atom. The standard InChI is InChI=1S/C12H21N/c1-6-9-12(10-11(4)5)13(7-2)8-3/h6,9-10H,4,7-8H2,1-3,5H3/b9-6-,12-10+. The van der Waals surface area contributed by atoms with Gasteiger partial charge in [0.1, 0.15) is 0 Å². The fourth-order valence-electron chi connectivity index (χ4n) is 1.26. The average Bonchev–Trinajstić information content (AvgIpc) is 2.05. The summed E-state index contributed by atoms with van der Waals surface area (Å²) in [4.78, 5) is 2.31. The maximum absolute atomic E-state index is 3.89. The van der Waals surface area contributed by atoms with E-state index in [1.807, 2.05) is 13.8 Å². The Balaban J connectivity index is 4.67. The Hall–Kier alpha value is -0.980. The van der Waals surface area contributed by atoms with E-state index in [-0.39, 0.29) is 0 Å². The fraction of sp³-hybridized carbons (Fsp3) is 0.500. The van der Waals surface area contributed by atoms with Crippen molar-refractivity contribution in [2.75, 3.05) is 13.1 Å². The molecule has 0 aliphatic heterocycles. The van der Waals surface area contributed by atoms with E-state index in [0.717, 1.165) is 18.7 Å². The maximum Gasteiger partial charge on any atom is 0.0365 e. The Labute approximate surface area is 82.4 Å². The van der Waals surface area contributed by atoms with Crippen LogP contribution in [0.5, 0.6) is 0 Å². The molecule has 0 radical (unpaired) electrons. The first-order valence-electron chi connectivity index (χ1n) is 4.90. The van der Waals surface area contributed by atoms with E-state index < -0.39 is 0 Å². The van der Waals surface area contributed by atoms with Gasteiger partial charge >= 0.3 is 0 Å². The van der Waals surface area contributed by atoms with Crippen LogP contribution in [0, 0.1) is 0 Å². The topological polar surface area (TPSA) is 3.24 Å². The van der Waals surface area contributed by atoms with Crippen molar-refractivity contribution >= 4 is 0 Å². The van der Waals surface area contributed by atoms with Crippen LogP contribution in [0.25, 0.3) is 0 Å². The van der Waals surface area contributed by atoms with Gasteiger partial charge in [0.25, 0.3) is 0 Å². The molecule has 0 N–H and O–H groups in total. The molecule has 0 aliphatic carbocycles. The third kappa shape index (κ3) is 4.56. The molecule has 0 saturated carbocycles. The van der Waals surface area contributed by atoms with Crippen molar-refractivity contribution < 1.29 is 0 Å². The van der Waals surface area contributed by atoms with Crippen LogP contribution in [0.3, 0.4) is 0 Å². The van der Waals surface area contributed by atoms with Crippen molar-refractivity contribution in [2.24, 2.45) is 0 Å². The average molecular weight is 179 g/mol. The minimum absolute atomic E-state index is 1.04. The van der Waals surface area contributed by atoms with Gasteiger partial charge in [-0.1, -0.05) is 18.2 Å². The second kappa shape index (κ2) is 6.53. The number of hydrogen-bond donors (Lipinski definition) is 0. The molecule has 0 aromatic rings. The van der Waals surface area contributed by atoms with Crippen LogP contribution in [-0.2, 0) is 0 Å². The number of hydrogen-bond acceptors (Lipinski definition) is 1. The van der Waals surface area contributed by atoms with E-state index in [4.69, 9.17) is 0 Å². The Morgan fingerprint density at radius 2 is 1.85 bits per heavy atom. The number of rotatable bonds is 5. The second-order valence-corrected chi connectivity index (χ2v) is 3.09. The summed E-state index contributed by atoms with van der Waals surface area (Å²) < 4.78 is 0. The summed E-state index contributed by atoms with van der Waals surface area (Å²) in [5, 5.41) is 0. The first kappa shape index (κ1) is 12.0. The molecule has 0 aliphatic rings. The molecule has 0 unspecified atom stereocenters. The van der Waals surface area contributed by atoms with Crippen LogP contribution in [-0.4, -0.2) is 18.0 Å². The van der Waals surface area contributed by atoms with E-state index in [1.54, 1.807) is 0 Å². The zero-order chi connectivity index (χ0) is 10.3. The molecule has 0 saturated heterocycles. The lowest BCUT2D eigenvalue weighted by molar-refractivity contribution is 0.394. The highest BCUT2D eigenvalue weighted by Gasteiger charge is 2.00. The Bertz CT molecular complexity index is 207. The summed E-state index contributed by atoms with van der Waals surface area (Å²) in [5.74, 6) is 0. The van der Waals surface area contributed by atoms with E-state index in [2.05, 4.69) is 43.6 Å². The number of allylic oxidation sites excluding steroid dienone is 4. The molecular weight excluding hydrogens is 158 g/mol. The molecule has 0 aromatic heterocycles. The number of likely N-dealkylation sites (N-methyl/N-ethyl adjacent to an activating group) is 1. The highest BCUT2D eigenvalue weighted by Crippen LogP contribution is 2.08. The molecular formula is C12H21N. The SMILES string of the molecule is C=C(C)/C=C(\C=C/C)N(CC)CC. The summed E-state index contributed by atoms with van der Waals surface area (Å²) >= 11 is 0. The molecule has 0 atom stereocenters. The van der Waals surface area contributed by atoms with Crippen molar-refractivity contribution in [2.45, 2.75) is 27.7 Å². The largest absolute Gasteiger partial charge is 0.372 e. The molecule has 13 heavy (non-hydrogen) atoms. The Kier molecular flexibility index (Phi) is 6.03. The monoisotopic (exact) mass is 179 g/mol. The number of nitrogens with zero attached hydrogens (tertiary/aromatic N) is 1. The smallest absolute Gasteiger partial charge is 0.0365 e. The van der Waals surface area contributed by atoms with Crippen LogP contribution < -0.4 is 0 Å². The summed E-state index contributed by atoms with van der Waals surface area (Å²) in [6.45, 7) is 14.4.